The minimum Gasteiger partial charge on any atom is -0.391 e. The van der Waals surface area contributed by atoms with E-state index in [1.807, 2.05) is 0 Å². The molecule has 3 aliphatic rings. The van der Waals surface area contributed by atoms with Gasteiger partial charge in [0.15, 0.2) is 0 Å². The van der Waals surface area contributed by atoms with Gasteiger partial charge in [-0.1, -0.05) is 25.7 Å². The maximum Gasteiger partial charge on any atom is 0.256 e. The van der Waals surface area contributed by atoms with Gasteiger partial charge in [-0.25, -0.2) is 9.97 Å². The first kappa shape index (κ1) is 19.6. The first-order chi connectivity index (χ1) is 13.6. The van der Waals surface area contributed by atoms with Crippen LogP contribution in [0.1, 0.15) is 86.3 Å². The summed E-state index contributed by atoms with van der Waals surface area (Å²) in [6.07, 6.45) is 12.2. The highest BCUT2D eigenvalue weighted by Crippen LogP contribution is 2.32. The van der Waals surface area contributed by atoms with Crippen LogP contribution in [0.4, 0.5) is 5.82 Å². The molecule has 3 fully saturated rings. The number of nitrogens with zero attached hydrogens (tertiary/aromatic N) is 3. The summed E-state index contributed by atoms with van der Waals surface area (Å²) >= 11 is 0. The number of likely N-dealkylation sites (tertiary alicyclic amines) is 1. The quantitative estimate of drug-likeness (QED) is 0.732. The summed E-state index contributed by atoms with van der Waals surface area (Å²) in [5.41, 5.74) is 6.46. The first-order valence-electron chi connectivity index (χ1n) is 11.0. The third-order valence-corrected chi connectivity index (χ3v) is 6.83. The Labute approximate surface area is 167 Å². The number of carbonyl (C=O) groups excluding carboxylic acids is 1. The van der Waals surface area contributed by atoms with Gasteiger partial charge in [-0.3, -0.25) is 9.69 Å². The molecule has 1 aromatic heterocycles. The molecule has 7 nitrogen and oxygen atoms in total. The topological polar surface area (TPSA) is 104 Å². The molecule has 2 atom stereocenters. The second-order valence-corrected chi connectivity index (χ2v) is 8.71. The van der Waals surface area contributed by atoms with Crippen molar-refractivity contribution >= 4 is 11.7 Å². The number of nitrogen functional groups attached to an aromatic ring is 1. The molecule has 4 N–H and O–H groups in total. The molecule has 0 radical (unpaired) electrons. The van der Waals surface area contributed by atoms with E-state index >= 15 is 0 Å². The van der Waals surface area contributed by atoms with Gasteiger partial charge in [-0.15, -0.1) is 0 Å². The average Bonchev–Trinajstić information content (AvgIpc) is 3.24. The number of nitrogens with two attached hydrogens (primary N) is 1. The van der Waals surface area contributed by atoms with Crippen molar-refractivity contribution in [2.75, 3.05) is 18.8 Å². The molecule has 1 amide bonds. The molecule has 0 aromatic carbocycles. The standard InChI is InChI=1S/C21H33N5O2/c22-19-16(13-23-20(25-19)14-5-1-2-6-14)21(28)24-15-9-11-26(12-10-15)17-7-3-4-8-18(17)27/h13-15,17-18,27H,1-12H2,(H,24,28)(H2,22,23,25). The van der Waals surface area contributed by atoms with Gasteiger partial charge in [-0.05, 0) is 38.5 Å². The highest BCUT2D eigenvalue weighted by atomic mass is 16.3. The lowest BCUT2D eigenvalue weighted by molar-refractivity contribution is 0.00727. The number of anilines is 1. The number of piperidine rings is 1. The summed E-state index contributed by atoms with van der Waals surface area (Å²) in [5, 5.41) is 13.4. The van der Waals surface area contributed by atoms with Crippen molar-refractivity contribution < 1.29 is 9.90 Å². The Balaban J connectivity index is 1.31. The van der Waals surface area contributed by atoms with E-state index in [0.717, 1.165) is 63.9 Å². The summed E-state index contributed by atoms with van der Waals surface area (Å²) in [5.74, 6) is 1.29. The number of aliphatic hydroxyl groups excluding tert-OH is 1. The second-order valence-electron chi connectivity index (χ2n) is 8.71. The van der Waals surface area contributed by atoms with Crippen LogP contribution in [0.2, 0.25) is 0 Å². The molecule has 1 aromatic rings. The molecule has 28 heavy (non-hydrogen) atoms. The van der Waals surface area contributed by atoms with Crippen molar-refractivity contribution in [2.45, 2.75) is 88.3 Å². The number of hydrogen-bond donors (Lipinski definition) is 3. The summed E-state index contributed by atoms with van der Waals surface area (Å²) in [4.78, 5) is 23.9. The Kier molecular flexibility index (Phi) is 6.11. The summed E-state index contributed by atoms with van der Waals surface area (Å²) < 4.78 is 0. The lowest BCUT2D eigenvalue weighted by Crippen LogP contribution is -2.52. The lowest BCUT2D eigenvalue weighted by Gasteiger charge is -2.41. The van der Waals surface area contributed by atoms with E-state index in [-0.39, 0.29) is 29.9 Å². The molecule has 2 aliphatic carbocycles. The predicted octanol–water partition coefficient (Wildman–Crippen LogP) is 2.21. The minimum absolute atomic E-state index is 0.137. The smallest absolute Gasteiger partial charge is 0.256 e. The van der Waals surface area contributed by atoms with Gasteiger partial charge in [0.2, 0.25) is 0 Å². The molecule has 2 unspecified atom stereocenters. The van der Waals surface area contributed by atoms with Gasteiger partial charge < -0.3 is 16.2 Å². The SMILES string of the molecule is Nc1nc(C2CCCC2)ncc1C(=O)NC1CCN(C2CCCCC2O)CC1. The van der Waals surface area contributed by atoms with Crippen LogP contribution in [-0.4, -0.2) is 57.2 Å². The van der Waals surface area contributed by atoms with Crippen LogP contribution >= 0.6 is 0 Å². The average molecular weight is 388 g/mol. The van der Waals surface area contributed by atoms with Gasteiger partial charge in [0, 0.05) is 37.3 Å². The fraction of sp³-hybridized carbons (Fsp3) is 0.762. The van der Waals surface area contributed by atoms with E-state index in [2.05, 4.69) is 20.2 Å². The van der Waals surface area contributed by atoms with Crippen molar-refractivity contribution in [2.24, 2.45) is 0 Å². The van der Waals surface area contributed by atoms with Crippen molar-refractivity contribution in [3.8, 4) is 0 Å². The molecule has 4 rings (SSSR count). The zero-order chi connectivity index (χ0) is 19.5. The van der Waals surface area contributed by atoms with Crippen LogP contribution in [0.3, 0.4) is 0 Å². The molecule has 2 saturated carbocycles. The van der Waals surface area contributed by atoms with Crippen molar-refractivity contribution in [1.82, 2.24) is 20.2 Å². The van der Waals surface area contributed by atoms with Crippen molar-refractivity contribution in [3.05, 3.63) is 17.6 Å². The Morgan fingerprint density at radius 1 is 1.07 bits per heavy atom. The number of aliphatic hydroxyl groups is 1. The Morgan fingerprint density at radius 2 is 1.75 bits per heavy atom. The summed E-state index contributed by atoms with van der Waals surface area (Å²) in [6.45, 7) is 1.83. The maximum atomic E-state index is 12.7. The maximum absolute atomic E-state index is 12.7. The Hall–Kier alpha value is -1.73. The van der Waals surface area contributed by atoms with E-state index in [1.165, 1.54) is 19.3 Å². The number of rotatable bonds is 4. The van der Waals surface area contributed by atoms with E-state index in [1.54, 1.807) is 6.20 Å². The molecular weight excluding hydrogens is 354 g/mol. The zero-order valence-corrected chi connectivity index (χ0v) is 16.6. The van der Waals surface area contributed by atoms with Crippen molar-refractivity contribution in [1.29, 1.82) is 0 Å². The van der Waals surface area contributed by atoms with Gasteiger partial charge in [0.25, 0.3) is 5.91 Å². The summed E-state index contributed by atoms with van der Waals surface area (Å²) in [7, 11) is 0. The molecule has 7 heteroatoms. The molecule has 0 bridgehead atoms. The van der Waals surface area contributed by atoms with Crippen molar-refractivity contribution in [3.63, 3.8) is 0 Å². The van der Waals surface area contributed by atoms with Crippen LogP contribution in [-0.2, 0) is 0 Å². The molecular formula is C21H33N5O2. The number of aromatic nitrogens is 2. The second kappa shape index (κ2) is 8.74. The Bertz CT molecular complexity index is 683. The fourth-order valence-corrected chi connectivity index (χ4v) is 5.12. The number of amides is 1. The fourth-order valence-electron chi connectivity index (χ4n) is 5.12. The molecule has 154 valence electrons. The number of carbonyl (C=O) groups is 1. The van der Waals surface area contributed by atoms with E-state index in [4.69, 9.17) is 5.73 Å². The molecule has 0 spiro atoms. The van der Waals surface area contributed by atoms with Crippen LogP contribution in [0.5, 0.6) is 0 Å². The van der Waals surface area contributed by atoms with E-state index in [9.17, 15) is 9.90 Å². The van der Waals surface area contributed by atoms with Crippen LogP contribution in [0.15, 0.2) is 6.20 Å². The molecule has 1 aliphatic heterocycles. The molecule has 1 saturated heterocycles. The van der Waals surface area contributed by atoms with Gasteiger partial charge in [-0.2, -0.15) is 0 Å². The number of hydrogen-bond acceptors (Lipinski definition) is 6. The highest BCUT2D eigenvalue weighted by Gasteiger charge is 2.32. The minimum atomic E-state index is -0.199. The summed E-state index contributed by atoms with van der Waals surface area (Å²) in [6, 6.07) is 0.427. The molecule has 2 heterocycles. The zero-order valence-electron chi connectivity index (χ0n) is 16.6. The largest absolute Gasteiger partial charge is 0.391 e. The van der Waals surface area contributed by atoms with E-state index < -0.39 is 0 Å². The van der Waals surface area contributed by atoms with Crippen LogP contribution < -0.4 is 11.1 Å². The first-order valence-corrected chi connectivity index (χ1v) is 11.0. The van der Waals surface area contributed by atoms with Gasteiger partial charge in [0.05, 0.1) is 11.7 Å². The Morgan fingerprint density at radius 3 is 2.43 bits per heavy atom. The third kappa shape index (κ3) is 4.30. The van der Waals surface area contributed by atoms with E-state index in [0.29, 0.717) is 11.5 Å². The van der Waals surface area contributed by atoms with Crippen LogP contribution in [0.25, 0.3) is 0 Å². The lowest BCUT2D eigenvalue weighted by atomic mass is 9.89. The highest BCUT2D eigenvalue weighted by molar-refractivity contribution is 5.98. The normalized spacial score (nSPS) is 27.8. The monoisotopic (exact) mass is 387 g/mol. The van der Waals surface area contributed by atoms with Gasteiger partial charge in [0.1, 0.15) is 11.6 Å². The van der Waals surface area contributed by atoms with Crippen LogP contribution in [0, 0.1) is 0 Å². The third-order valence-electron chi connectivity index (χ3n) is 6.83. The van der Waals surface area contributed by atoms with Gasteiger partial charge >= 0.3 is 0 Å². The number of nitrogens with one attached hydrogen (secondary N) is 1. The predicted molar refractivity (Wildman–Crippen MR) is 108 cm³/mol.